The lowest BCUT2D eigenvalue weighted by molar-refractivity contribution is 0.279. The van der Waals surface area contributed by atoms with Crippen molar-refractivity contribution >= 4 is 11.1 Å². The molecule has 0 unspecified atom stereocenters. The summed E-state index contributed by atoms with van der Waals surface area (Å²) in [7, 11) is 0. The van der Waals surface area contributed by atoms with Crippen LogP contribution in [-0.4, -0.2) is 10.4 Å². The van der Waals surface area contributed by atoms with E-state index in [0.717, 1.165) is 0 Å². The molecule has 3 aromatic rings. The number of rotatable bonds is 3. The quantitative estimate of drug-likeness (QED) is 0.484. The molecule has 0 saturated carbocycles. The fourth-order valence-corrected chi connectivity index (χ4v) is 3.79. The van der Waals surface area contributed by atoms with E-state index in [-0.39, 0.29) is 11.5 Å². The van der Waals surface area contributed by atoms with Crippen LogP contribution in [0.1, 0.15) is 43.4 Å². The normalized spacial score (nSPS) is 15.2. The Balaban J connectivity index is 1.95. The zero-order valence-corrected chi connectivity index (χ0v) is 16.8. The molecular weight excluding hydrogens is 338 g/mol. The van der Waals surface area contributed by atoms with Crippen LogP contribution in [0.5, 0.6) is 0 Å². The van der Waals surface area contributed by atoms with E-state index in [4.69, 9.17) is 0 Å². The maximum Gasteiger partial charge on any atom is 0.0380 e. The number of benzene rings is 3. The Morgan fingerprint density at radius 1 is 0.571 bits per heavy atom. The van der Waals surface area contributed by atoms with Crippen LogP contribution in [0.2, 0.25) is 0 Å². The van der Waals surface area contributed by atoms with Gasteiger partial charge in [-0.25, -0.2) is 0 Å². The molecule has 1 nitrogen and oxygen atoms in total. The molecular formula is C27H27N. The van der Waals surface area contributed by atoms with Gasteiger partial charge in [0, 0.05) is 23.9 Å². The van der Waals surface area contributed by atoms with Crippen molar-refractivity contribution in [3.63, 3.8) is 0 Å². The van der Waals surface area contributed by atoms with Crippen molar-refractivity contribution in [1.82, 2.24) is 4.90 Å². The van der Waals surface area contributed by atoms with Crippen molar-refractivity contribution in [2.45, 2.75) is 32.2 Å². The summed E-state index contributed by atoms with van der Waals surface area (Å²) in [6.45, 7) is 6.77. The highest BCUT2D eigenvalue weighted by Crippen LogP contribution is 2.46. The maximum atomic E-state index is 2.36. The molecule has 0 amide bonds. The lowest BCUT2D eigenvalue weighted by atomic mass is 9.77. The molecule has 0 aromatic heterocycles. The van der Waals surface area contributed by atoms with Crippen LogP contribution in [0.3, 0.4) is 0 Å². The Morgan fingerprint density at radius 2 is 0.964 bits per heavy atom. The molecule has 3 aromatic carbocycles. The van der Waals surface area contributed by atoms with Gasteiger partial charge < -0.3 is 4.90 Å². The second-order valence-electron chi connectivity index (χ2n) is 8.32. The molecule has 4 rings (SSSR count). The predicted molar refractivity (Wildman–Crippen MR) is 120 cm³/mol. The first kappa shape index (κ1) is 18.3. The Labute approximate surface area is 168 Å². The van der Waals surface area contributed by atoms with Crippen molar-refractivity contribution in [2.75, 3.05) is 0 Å². The molecule has 140 valence electrons. The van der Waals surface area contributed by atoms with Crippen LogP contribution in [0.15, 0.2) is 103 Å². The van der Waals surface area contributed by atoms with E-state index < -0.39 is 0 Å². The van der Waals surface area contributed by atoms with Gasteiger partial charge in [0.15, 0.2) is 0 Å². The van der Waals surface area contributed by atoms with Crippen molar-refractivity contribution in [3.8, 4) is 0 Å². The SMILES string of the molecule is CC(C)(C)N1C=C(c2ccccc2)C(c2ccccc2)C(c2ccccc2)=C1. The molecule has 0 fully saturated rings. The minimum Gasteiger partial charge on any atom is -0.348 e. The number of allylic oxidation sites excluding steroid dienone is 2. The summed E-state index contributed by atoms with van der Waals surface area (Å²) >= 11 is 0. The standard InChI is InChI=1S/C27H27N/c1-27(2,3)28-19-24(21-13-7-4-8-14-21)26(23-17-11-6-12-18-23)25(20-28)22-15-9-5-10-16-22/h4-20,26H,1-3H3. The van der Waals surface area contributed by atoms with Gasteiger partial charge in [-0.05, 0) is 48.6 Å². The van der Waals surface area contributed by atoms with Crippen molar-refractivity contribution in [3.05, 3.63) is 120 Å². The van der Waals surface area contributed by atoms with Crippen LogP contribution in [0, 0.1) is 0 Å². The highest BCUT2D eigenvalue weighted by Gasteiger charge is 2.31. The number of nitrogens with zero attached hydrogens (tertiary/aromatic N) is 1. The van der Waals surface area contributed by atoms with Gasteiger partial charge in [-0.15, -0.1) is 0 Å². The van der Waals surface area contributed by atoms with Crippen molar-refractivity contribution < 1.29 is 0 Å². The van der Waals surface area contributed by atoms with E-state index in [1.807, 2.05) is 0 Å². The smallest absolute Gasteiger partial charge is 0.0380 e. The van der Waals surface area contributed by atoms with Crippen LogP contribution < -0.4 is 0 Å². The first-order valence-corrected chi connectivity index (χ1v) is 9.92. The van der Waals surface area contributed by atoms with E-state index in [2.05, 4.69) is 129 Å². The summed E-state index contributed by atoms with van der Waals surface area (Å²) in [5.74, 6) is 0.199. The summed E-state index contributed by atoms with van der Waals surface area (Å²) in [6.07, 6.45) is 4.67. The van der Waals surface area contributed by atoms with Gasteiger partial charge in [0.2, 0.25) is 0 Å². The topological polar surface area (TPSA) is 3.24 Å². The monoisotopic (exact) mass is 365 g/mol. The van der Waals surface area contributed by atoms with Gasteiger partial charge in [-0.3, -0.25) is 0 Å². The molecule has 1 aliphatic rings. The molecule has 28 heavy (non-hydrogen) atoms. The van der Waals surface area contributed by atoms with Gasteiger partial charge in [-0.1, -0.05) is 91.0 Å². The van der Waals surface area contributed by atoms with Crippen molar-refractivity contribution in [1.29, 1.82) is 0 Å². The Bertz CT molecular complexity index is 919. The molecule has 1 heterocycles. The predicted octanol–water partition coefficient (Wildman–Crippen LogP) is 6.97. The van der Waals surface area contributed by atoms with Gasteiger partial charge in [0.25, 0.3) is 0 Å². The second kappa shape index (κ2) is 7.52. The van der Waals surface area contributed by atoms with E-state index >= 15 is 0 Å². The Hall–Kier alpha value is -3.06. The average molecular weight is 366 g/mol. The van der Waals surface area contributed by atoms with Gasteiger partial charge in [-0.2, -0.15) is 0 Å². The summed E-state index contributed by atoms with van der Waals surface area (Å²) in [6, 6.07) is 32.4. The third kappa shape index (κ3) is 3.66. The first-order chi connectivity index (χ1) is 13.5. The second-order valence-corrected chi connectivity index (χ2v) is 8.32. The van der Waals surface area contributed by atoms with Gasteiger partial charge in [0.05, 0.1) is 0 Å². The molecule has 0 N–H and O–H groups in total. The molecule has 0 atom stereocenters. The minimum atomic E-state index is 0.00170. The van der Waals surface area contributed by atoms with E-state index in [1.54, 1.807) is 0 Å². The van der Waals surface area contributed by atoms with Gasteiger partial charge in [0.1, 0.15) is 0 Å². The van der Waals surface area contributed by atoms with E-state index in [0.29, 0.717) is 0 Å². The largest absolute Gasteiger partial charge is 0.348 e. The lowest BCUT2D eigenvalue weighted by Gasteiger charge is -2.39. The molecule has 0 bridgehead atoms. The van der Waals surface area contributed by atoms with Crippen LogP contribution in [0.25, 0.3) is 11.1 Å². The third-order valence-electron chi connectivity index (χ3n) is 5.30. The third-order valence-corrected chi connectivity index (χ3v) is 5.30. The Kier molecular flexibility index (Phi) is 4.92. The molecule has 1 heteroatoms. The van der Waals surface area contributed by atoms with E-state index in [9.17, 15) is 0 Å². The zero-order valence-electron chi connectivity index (χ0n) is 16.8. The highest BCUT2D eigenvalue weighted by molar-refractivity contribution is 5.89. The Morgan fingerprint density at radius 3 is 1.36 bits per heavy atom. The molecule has 0 saturated heterocycles. The minimum absolute atomic E-state index is 0.00170. The number of hydrogen-bond donors (Lipinski definition) is 0. The summed E-state index contributed by atoms with van der Waals surface area (Å²) in [5.41, 5.74) is 6.54. The lowest BCUT2D eigenvalue weighted by Crippen LogP contribution is -2.35. The van der Waals surface area contributed by atoms with E-state index in [1.165, 1.54) is 27.8 Å². The average Bonchev–Trinajstić information content (AvgIpc) is 2.74. The van der Waals surface area contributed by atoms with Crippen molar-refractivity contribution in [2.24, 2.45) is 0 Å². The van der Waals surface area contributed by atoms with Crippen LogP contribution in [0.4, 0.5) is 0 Å². The zero-order chi connectivity index (χ0) is 19.6. The van der Waals surface area contributed by atoms with Crippen LogP contribution in [-0.2, 0) is 0 Å². The molecule has 0 radical (unpaired) electrons. The number of hydrogen-bond acceptors (Lipinski definition) is 1. The highest BCUT2D eigenvalue weighted by atomic mass is 15.2. The summed E-state index contributed by atoms with van der Waals surface area (Å²) in [5, 5.41) is 0. The van der Waals surface area contributed by atoms with Gasteiger partial charge >= 0.3 is 0 Å². The fraction of sp³-hybridized carbons (Fsp3) is 0.185. The molecule has 0 aliphatic carbocycles. The van der Waals surface area contributed by atoms with Crippen LogP contribution >= 0.6 is 0 Å². The summed E-state index contributed by atoms with van der Waals surface area (Å²) in [4.78, 5) is 2.36. The fourth-order valence-electron chi connectivity index (χ4n) is 3.79. The molecule has 0 spiro atoms. The molecule has 1 aliphatic heterocycles. The summed E-state index contributed by atoms with van der Waals surface area (Å²) < 4.78 is 0. The maximum absolute atomic E-state index is 2.36. The first-order valence-electron chi connectivity index (χ1n) is 9.92.